The Morgan fingerprint density at radius 1 is 1.03 bits per heavy atom. The van der Waals surface area contributed by atoms with E-state index in [0.717, 1.165) is 6.20 Å². The molecule has 0 saturated heterocycles. The van der Waals surface area contributed by atoms with Crippen LogP contribution in [-0.2, 0) is 28.5 Å². The molecule has 8 nitrogen and oxygen atoms in total. The van der Waals surface area contributed by atoms with Crippen molar-refractivity contribution in [2.75, 3.05) is 13.7 Å². The number of hydrogen-bond acceptors (Lipinski definition) is 6. The summed E-state index contributed by atoms with van der Waals surface area (Å²) in [5, 5.41) is 11.5. The normalized spacial score (nSPS) is 12.6. The molecule has 0 amide bonds. The van der Waals surface area contributed by atoms with Gasteiger partial charge in [-0.05, 0) is 36.8 Å². The number of halogens is 6. The second-order valence-electron chi connectivity index (χ2n) is 8.18. The zero-order valence-corrected chi connectivity index (χ0v) is 20.5. The molecule has 0 aliphatic rings. The summed E-state index contributed by atoms with van der Waals surface area (Å²) in [4.78, 5) is 25.8. The summed E-state index contributed by atoms with van der Waals surface area (Å²) < 4.78 is 94.7. The minimum absolute atomic E-state index is 0.0283. The highest BCUT2D eigenvalue weighted by molar-refractivity contribution is 5.72. The van der Waals surface area contributed by atoms with Crippen LogP contribution in [-0.4, -0.2) is 29.6 Å². The maximum Gasteiger partial charge on any atom is 0.419 e. The average Bonchev–Trinajstić information content (AvgIpc) is 3.35. The van der Waals surface area contributed by atoms with E-state index in [-0.39, 0.29) is 41.7 Å². The van der Waals surface area contributed by atoms with Crippen molar-refractivity contribution in [1.82, 2.24) is 4.98 Å². The Morgan fingerprint density at radius 3 is 2.33 bits per heavy atom. The quantitative estimate of drug-likeness (QED) is 0.129. The average molecular weight is 560 g/mol. The van der Waals surface area contributed by atoms with Crippen LogP contribution in [0.5, 0.6) is 11.5 Å². The molecule has 2 aromatic carbocycles. The van der Waals surface area contributed by atoms with Gasteiger partial charge in [-0.3, -0.25) is 14.9 Å². The maximum atomic E-state index is 13.5. The van der Waals surface area contributed by atoms with E-state index in [1.54, 1.807) is 6.92 Å². The molecule has 3 aromatic rings. The van der Waals surface area contributed by atoms with Crippen LogP contribution in [0.3, 0.4) is 0 Å². The number of H-pyrrole nitrogens is 1. The van der Waals surface area contributed by atoms with Crippen molar-refractivity contribution < 1.29 is 50.3 Å². The van der Waals surface area contributed by atoms with Crippen LogP contribution < -0.4 is 9.47 Å². The number of methoxy groups -OCH3 is 1. The molecule has 0 saturated carbocycles. The van der Waals surface area contributed by atoms with Gasteiger partial charge in [-0.2, -0.15) is 26.3 Å². The third-order valence-electron chi connectivity index (χ3n) is 5.71. The van der Waals surface area contributed by atoms with Crippen LogP contribution in [0.25, 0.3) is 0 Å². The molecule has 1 atom stereocenters. The molecule has 0 bridgehead atoms. The van der Waals surface area contributed by atoms with Gasteiger partial charge in [0.1, 0.15) is 18.1 Å². The number of carbonyl (C=O) groups excluding carboxylic acids is 1. The van der Waals surface area contributed by atoms with Gasteiger partial charge in [-0.15, -0.1) is 0 Å². The molecule has 0 fully saturated rings. The molecule has 1 N–H and O–H groups in total. The molecule has 3 rings (SSSR count). The van der Waals surface area contributed by atoms with E-state index in [1.807, 2.05) is 0 Å². The summed E-state index contributed by atoms with van der Waals surface area (Å²) in [6.07, 6.45) is -7.82. The van der Waals surface area contributed by atoms with Crippen molar-refractivity contribution in [2.45, 2.75) is 38.2 Å². The van der Waals surface area contributed by atoms with Crippen LogP contribution in [0.4, 0.5) is 32.0 Å². The number of esters is 1. The van der Waals surface area contributed by atoms with Crippen molar-refractivity contribution >= 4 is 11.7 Å². The Hall–Kier alpha value is -4.23. The third-order valence-corrected chi connectivity index (χ3v) is 5.71. The molecule has 210 valence electrons. The lowest BCUT2D eigenvalue weighted by Gasteiger charge is -2.19. The number of benzene rings is 2. The summed E-state index contributed by atoms with van der Waals surface area (Å²) >= 11 is 0. The summed E-state index contributed by atoms with van der Waals surface area (Å²) in [6.45, 7) is 1.18. The van der Waals surface area contributed by atoms with Gasteiger partial charge in [-0.25, -0.2) is 0 Å². The predicted molar refractivity (Wildman–Crippen MR) is 124 cm³/mol. The predicted octanol–water partition coefficient (Wildman–Crippen LogP) is 6.63. The number of aromatic amines is 1. The van der Waals surface area contributed by atoms with Crippen molar-refractivity contribution in [3.63, 3.8) is 0 Å². The van der Waals surface area contributed by atoms with E-state index < -0.39 is 52.6 Å². The highest BCUT2D eigenvalue weighted by atomic mass is 19.4. The topological polar surface area (TPSA) is 104 Å². The van der Waals surface area contributed by atoms with E-state index in [1.165, 1.54) is 31.5 Å². The Bertz CT molecular complexity index is 1340. The summed E-state index contributed by atoms with van der Waals surface area (Å²) in [7, 11) is 1.26. The Kier molecular flexibility index (Phi) is 8.77. The van der Waals surface area contributed by atoms with E-state index >= 15 is 0 Å². The number of carbonyl (C=O) groups is 1. The monoisotopic (exact) mass is 560 g/mol. The third kappa shape index (κ3) is 7.00. The van der Waals surface area contributed by atoms with Gasteiger partial charge < -0.3 is 19.2 Å². The van der Waals surface area contributed by atoms with Gasteiger partial charge >= 0.3 is 18.3 Å². The van der Waals surface area contributed by atoms with Gasteiger partial charge in [-0.1, -0.05) is 12.1 Å². The minimum Gasteiger partial charge on any atom is -0.496 e. The largest absolute Gasteiger partial charge is 0.496 e. The smallest absolute Gasteiger partial charge is 0.419 e. The van der Waals surface area contributed by atoms with Crippen LogP contribution >= 0.6 is 0 Å². The Balaban J connectivity index is 1.95. The standard InChI is InChI=1S/C25H22F6N2O6/c1-3-38-23(34)10-17(18-11-32-12-20(18)33(35)36)14-4-5-15(22(8-14)37-2)13-39-21-7-6-16(24(26,27)28)9-19(21)25(29,30)31/h4-9,11-12,17,32H,3,10,13H2,1-2H3. The number of nitrogens with one attached hydrogen (secondary N) is 1. The lowest BCUT2D eigenvalue weighted by Crippen LogP contribution is -2.13. The van der Waals surface area contributed by atoms with Crippen LogP contribution in [0.15, 0.2) is 48.8 Å². The second kappa shape index (κ2) is 11.7. The summed E-state index contributed by atoms with van der Waals surface area (Å²) in [6, 6.07) is 5.39. The number of alkyl halides is 6. The maximum absolute atomic E-state index is 13.5. The first-order chi connectivity index (χ1) is 18.3. The molecule has 0 aliphatic heterocycles. The van der Waals surface area contributed by atoms with E-state index in [4.69, 9.17) is 14.2 Å². The lowest BCUT2D eigenvalue weighted by molar-refractivity contribution is -0.385. The van der Waals surface area contributed by atoms with E-state index in [9.17, 15) is 41.3 Å². The van der Waals surface area contributed by atoms with E-state index in [0.29, 0.717) is 17.7 Å². The number of aromatic nitrogens is 1. The fourth-order valence-electron chi connectivity index (χ4n) is 3.91. The fraction of sp³-hybridized carbons (Fsp3) is 0.320. The molecule has 0 spiro atoms. The molecular weight excluding hydrogens is 538 g/mol. The molecule has 0 radical (unpaired) electrons. The first kappa shape index (κ1) is 29.3. The fourth-order valence-corrected chi connectivity index (χ4v) is 3.91. The molecule has 1 unspecified atom stereocenters. The molecule has 1 heterocycles. The van der Waals surface area contributed by atoms with Crippen LogP contribution in [0, 0.1) is 10.1 Å². The Morgan fingerprint density at radius 2 is 1.74 bits per heavy atom. The van der Waals surface area contributed by atoms with Crippen molar-refractivity contribution in [3.05, 3.63) is 86.7 Å². The van der Waals surface area contributed by atoms with Crippen LogP contribution in [0.2, 0.25) is 0 Å². The van der Waals surface area contributed by atoms with Crippen LogP contribution in [0.1, 0.15) is 47.1 Å². The van der Waals surface area contributed by atoms with Crippen molar-refractivity contribution in [1.29, 1.82) is 0 Å². The van der Waals surface area contributed by atoms with E-state index in [2.05, 4.69) is 4.98 Å². The van der Waals surface area contributed by atoms with Gasteiger partial charge in [0.25, 0.3) is 5.69 Å². The Labute approximate surface area is 217 Å². The summed E-state index contributed by atoms with van der Waals surface area (Å²) in [5.74, 6) is -2.16. The SMILES string of the molecule is CCOC(=O)CC(c1ccc(COc2ccc(C(F)(F)F)cc2C(F)(F)F)c(OC)c1)c1c[nH]cc1[N+](=O)[O-]. The number of ether oxygens (including phenoxy) is 3. The van der Waals surface area contributed by atoms with Gasteiger partial charge in [0.05, 0.1) is 47.9 Å². The molecule has 39 heavy (non-hydrogen) atoms. The van der Waals surface area contributed by atoms with Crippen molar-refractivity contribution in [3.8, 4) is 11.5 Å². The molecule has 0 aliphatic carbocycles. The molecular formula is C25H22F6N2O6. The lowest BCUT2D eigenvalue weighted by atomic mass is 9.88. The van der Waals surface area contributed by atoms with Gasteiger partial charge in [0.2, 0.25) is 0 Å². The highest BCUT2D eigenvalue weighted by Crippen LogP contribution is 2.41. The highest BCUT2D eigenvalue weighted by Gasteiger charge is 2.39. The molecule has 14 heteroatoms. The van der Waals surface area contributed by atoms with Crippen molar-refractivity contribution in [2.24, 2.45) is 0 Å². The first-order valence-electron chi connectivity index (χ1n) is 11.3. The number of nitrogens with zero attached hydrogens (tertiary/aromatic N) is 1. The minimum atomic E-state index is -5.11. The number of hydrogen-bond donors (Lipinski definition) is 1. The van der Waals surface area contributed by atoms with Gasteiger partial charge in [0.15, 0.2) is 0 Å². The first-order valence-corrected chi connectivity index (χ1v) is 11.3. The zero-order chi connectivity index (χ0) is 29.0. The zero-order valence-electron chi connectivity index (χ0n) is 20.5. The summed E-state index contributed by atoms with van der Waals surface area (Å²) in [5.41, 5.74) is -2.52. The molecule has 1 aromatic heterocycles. The second-order valence-corrected chi connectivity index (χ2v) is 8.18. The number of rotatable bonds is 10. The number of nitro groups is 1. The van der Waals surface area contributed by atoms with Gasteiger partial charge in [0, 0.05) is 17.7 Å².